The Labute approximate surface area is 159 Å². The molecule has 2 aliphatic carbocycles. The molecule has 8 heteroatoms. The molecule has 0 aliphatic heterocycles. The SMILES string of the molecule is COc1c(C(C)CCC(C)c2nnn(C3(C)CC3)c2F)nnn1C1(C)CC1. The first kappa shape index (κ1) is 18.4. The summed E-state index contributed by atoms with van der Waals surface area (Å²) in [7, 11) is 1.67. The fraction of sp³-hybridized carbons (Fsp3) is 0.789. The molecule has 2 unspecified atom stereocenters. The van der Waals surface area contributed by atoms with Gasteiger partial charge in [0, 0.05) is 11.8 Å². The van der Waals surface area contributed by atoms with Crippen LogP contribution < -0.4 is 4.74 Å². The third-order valence-electron chi connectivity index (χ3n) is 6.42. The van der Waals surface area contributed by atoms with E-state index in [2.05, 4.69) is 34.5 Å². The van der Waals surface area contributed by atoms with Gasteiger partial charge in [-0.05, 0) is 52.4 Å². The Kier molecular flexibility index (Phi) is 4.27. The Hall–Kier alpha value is -1.99. The molecule has 27 heavy (non-hydrogen) atoms. The number of nitrogens with zero attached hydrogens (tertiary/aromatic N) is 6. The van der Waals surface area contributed by atoms with E-state index < -0.39 is 0 Å². The van der Waals surface area contributed by atoms with Crippen LogP contribution >= 0.6 is 0 Å². The summed E-state index contributed by atoms with van der Waals surface area (Å²) in [5.74, 6) is 0.664. The van der Waals surface area contributed by atoms with Crippen LogP contribution in [0.4, 0.5) is 4.39 Å². The second kappa shape index (κ2) is 6.27. The minimum Gasteiger partial charge on any atom is -0.480 e. The minimum atomic E-state index is -0.277. The number of hydrogen-bond acceptors (Lipinski definition) is 5. The van der Waals surface area contributed by atoms with Crippen molar-refractivity contribution in [3.05, 3.63) is 17.3 Å². The van der Waals surface area contributed by atoms with Crippen molar-refractivity contribution in [3.63, 3.8) is 0 Å². The summed E-state index contributed by atoms with van der Waals surface area (Å²) in [5.41, 5.74) is 1.22. The molecule has 0 bridgehead atoms. The molecule has 2 saturated carbocycles. The normalized spacial score (nSPS) is 21.7. The third-order valence-corrected chi connectivity index (χ3v) is 6.42. The lowest BCUT2D eigenvalue weighted by atomic mass is 9.94. The van der Waals surface area contributed by atoms with Crippen LogP contribution in [0.1, 0.15) is 89.4 Å². The molecule has 7 nitrogen and oxygen atoms in total. The van der Waals surface area contributed by atoms with E-state index in [1.54, 1.807) is 7.11 Å². The van der Waals surface area contributed by atoms with Gasteiger partial charge in [-0.15, -0.1) is 10.2 Å². The standard InChI is InChI=1S/C19H29FN6O/c1-12(14-16(20)25(23-21-14)18(3)8-9-18)6-7-13(2)15-17(27-5)26(24-22-15)19(4)10-11-19/h12-13H,6-11H2,1-5H3. The molecule has 2 aliphatic rings. The van der Waals surface area contributed by atoms with Gasteiger partial charge in [0.15, 0.2) is 0 Å². The monoisotopic (exact) mass is 376 g/mol. The molecule has 2 atom stereocenters. The average molecular weight is 376 g/mol. The second-order valence-corrected chi connectivity index (χ2v) is 8.95. The number of hydrogen-bond donors (Lipinski definition) is 0. The predicted molar refractivity (Wildman–Crippen MR) is 98.4 cm³/mol. The first-order valence-corrected chi connectivity index (χ1v) is 9.91. The molecule has 148 valence electrons. The van der Waals surface area contributed by atoms with E-state index in [9.17, 15) is 4.39 Å². The van der Waals surface area contributed by atoms with Crippen LogP contribution in [0.25, 0.3) is 0 Å². The maximum absolute atomic E-state index is 14.7. The molecule has 2 aromatic rings. The summed E-state index contributed by atoms with van der Waals surface area (Å²) in [6.45, 7) is 8.33. The van der Waals surface area contributed by atoms with E-state index in [1.165, 1.54) is 4.68 Å². The van der Waals surface area contributed by atoms with E-state index in [1.807, 2.05) is 18.5 Å². The van der Waals surface area contributed by atoms with Crippen molar-refractivity contribution in [1.29, 1.82) is 0 Å². The fourth-order valence-corrected chi connectivity index (χ4v) is 3.63. The van der Waals surface area contributed by atoms with Crippen molar-refractivity contribution in [2.24, 2.45) is 0 Å². The Bertz CT molecular complexity index is 835. The van der Waals surface area contributed by atoms with Gasteiger partial charge in [-0.25, -0.2) is 9.36 Å². The largest absolute Gasteiger partial charge is 0.480 e. The number of methoxy groups -OCH3 is 1. The third kappa shape index (κ3) is 3.12. The Morgan fingerprint density at radius 1 is 0.926 bits per heavy atom. The summed E-state index contributed by atoms with van der Waals surface area (Å²) in [5, 5.41) is 16.9. The van der Waals surface area contributed by atoms with E-state index in [0.29, 0.717) is 5.69 Å². The van der Waals surface area contributed by atoms with Crippen LogP contribution in [0.15, 0.2) is 0 Å². The summed E-state index contributed by atoms with van der Waals surface area (Å²) in [4.78, 5) is 0. The first-order chi connectivity index (χ1) is 12.8. The lowest BCUT2D eigenvalue weighted by molar-refractivity contribution is 0.322. The molecule has 0 saturated heterocycles. The molecule has 0 spiro atoms. The topological polar surface area (TPSA) is 70.7 Å². The van der Waals surface area contributed by atoms with Gasteiger partial charge >= 0.3 is 0 Å². The molecule has 2 fully saturated rings. The van der Waals surface area contributed by atoms with Gasteiger partial charge in [-0.2, -0.15) is 4.39 Å². The van der Waals surface area contributed by atoms with Crippen LogP contribution in [0.3, 0.4) is 0 Å². The first-order valence-electron chi connectivity index (χ1n) is 9.91. The predicted octanol–water partition coefficient (Wildman–Crippen LogP) is 3.72. The Balaban J connectivity index is 1.43. The van der Waals surface area contributed by atoms with Crippen LogP contribution in [-0.2, 0) is 11.1 Å². The summed E-state index contributed by atoms with van der Waals surface area (Å²) in [6.07, 6.45) is 5.80. The van der Waals surface area contributed by atoms with Crippen molar-refractivity contribution in [2.45, 2.75) is 89.1 Å². The van der Waals surface area contributed by atoms with Crippen LogP contribution in [0.5, 0.6) is 5.88 Å². The van der Waals surface area contributed by atoms with E-state index >= 15 is 0 Å². The average Bonchev–Trinajstić information content (AvgIpc) is 3.46. The van der Waals surface area contributed by atoms with Gasteiger partial charge < -0.3 is 4.74 Å². The molecule has 2 heterocycles. The number of rotatable bonds is 8. The minimum absolute atomic E-state index is 0.00513. The van der Waals surface area contributed by atoms with E-state index in [4.69, 9.17) is 4.74 Å². The Morgan fingerprint density at radius 2 is 1.41 bits per heavy atom. The maximum Gasteiger partial charge on any atom is 0.236 e. The van der Waals surface area contributed by atoms with Crippen LogP contribution in [0, 0.1) is 5.95 Å². The van der Waals surface area contributed by atoms with Gasteiger partial charge in [0.05, 0.1) is 18.2 Å². The number of ether oxygens (including phenoxy) is 1. The van der Waals surface area contributed by atoms with Crippen molar-refractivity contribution in [3.8, 4) is 5.88 Å². The molecule has 4 rings (SSSR count). The second-order valence-electron chi connectivity index (χ2n) is 8.95. The summed E-state index contributed by atoms with van der Waals surface area (Å²) in [6, 6.07) is 0. The zero-order chi connectivity index (χ0) is 19.4. The van der Waals surface area contributed by atoms with E-state index in [0.717, 1.165) is 50.1 Å². The lowest BCUT2D eigenvalue weighted by Crippen LogP contribution is -2.16. The van der Waals surface area contributed by atoms with Gasteiger partial charge in [-0.3, -0.25) is 0 Å². The zero-order valence-corrected chi connectivity index (χ0v) is 16.9. The highest BCUT2D eigenvalue weighted by atomic mass is 19.1. The van der Waals surface area contributed by atoms with Gasteiger partial charge in [0.1, 0.15) is 11.4 Å². The van der Waals surface area contributed by atoms with Crippen LogP contribution in [0.2, 0.25) is 0 Å². The van der Waals surface area contributed by atoms with Crippen molar-refractivity contribution in [1.82, 2.24) is 30.0 Å². The number of aromatic nitrogens is 6. The van der Waals surface area contributed by atoms with Crippen molar-refractivity contribution >= 4 is 0 Å². The highest BCUT2D eigenvalue weighted by molar-refractivity contribution is 5.24. The highest BCUT2D eigenvalue weighted by Gasteiger charge is 2.44. The van der Waals surface area contributed by atoms with Gasteiger partial charge in [0.25, 0.3) is 0 Å². The molecule has 0 amide bonds. The highest BCUT2D eigenvalue weighted by Crippen LogP contribution is 2.46. The number of halogens is 1. The molecular weight excluding hydrogens is 347 g/mol. The van der Waals surface area contributed by atoms with E-state index in [-0.39, 0.29) is 28.9 Å². The quantitative estimate of drug-likeness (QED) is 0.702. The molecule has 2 aromatic heterocycles. The molecule has 0 N–H and O–H groups in total. The summed E-state index contributed by atoms with van der Waals surface area (Å²) < 4.78 is 23.7. The zero-order valence-electron chi connectivity index (χ0n) is 16.9. The van der Waals surface area contributed by atoms with Crippen LogP contribution in [-0.4, -0.2) is 37.1 Å². The Morgan fingerprint density at radius 3 is 1.96 bits per heavy atom. The van der Waals surface area contributed by atoms with Gasteiger partial charge in [0.2, 0.25) is 11.8 Å². The smallest absolute Gasteiger partial charge is 0.236 e. The maximum atomic E-state index is 14.7. The molecular formula is C19H29FN6O. The van der Waals surface area contributed by atoms with Gasteiger partial charge in [-0.1, -0.05) is 24.3 Å². The fourth-order valence-electron chi connectivity index (χ4n) is 3.63. The summed E-state index contributed by atoms with van der Waals surface area (Å²) >= 11 is 0. The van der Waals surface area contributed by atoms with Crippen molar-refractivity contribution < 1.29 is 9.13 Å². The molecule has 0 aromatic carbocycles. The molecule has 0 radical (unpaired) electrons. The lowest BCUT2D eigenvalue weighted by Gasteiger charge is -2.16. The van der Waals surface area contributed by atoms with Crippen molar-refractivity contribution in [2.75, 3.05) is 7.11 Å².